The minimum Gasteiger partial charge on any atom is -0.325 e. The van der Waals surface area contributed by atoms with E-state index in [1.807, 2.05) is 32.9 Å². The Balaban J connectivity index is 1.69. The Morgan fingerprint density at radius 3 is 2.62 bits per heavy atom. The molecular weight excluding hydrogens is 353 g/mol. The zero-order valence-electron chi connectivity index (χ0n) is 14.7. The number of nitrogens with one attached hydrogen (secondary N) is 1. The lowest BCUT2D eigenvalue weighted by atomic mass is 10.1. The number of aryl methyl sites for hydroxylation is 3. The van der Waals surface area contributed by atoms with E-state index in [4.69, 9.17) is 0 Å². The topological polar surface area (TPSA) is 72.7 Å². The molecule has 3 aromatic rings. The van der Waals surface area contributed by atoms with Gasteiger partial charge >= 0.3 is 0 Å². The summed E-state index contributed by atoms with van der Waals surface area (Å²) in [6, 6.07) is 10.0. The molecule has 8 heteroatoms. The van der Waals surface area contributed by atoms with Crippen LogP contribution in [0.25, 0.3) is 5.69 Å². The van der Waals surface area contributed by atoms with Crippen LogP contribution in [0.15, 0.2) is 41.6 Å². The number of benzene rings is 2. The average Bonchev–Trinajstić information content (AvgIpc) is 3.05. The smallest absolute Gasteiger partial charge is 0.234 e. The molecule has 0 bridgehead atoms. The van der Waals surface area contributed by atoms with Crippen molar-refractivity contribution in [1.82, 2.24) is 20.2 Å². The van der Waals surface area contributed by atoms with Crippen molar-refractivity contribution in [2.24, 2.45) is 0 Å². The third-order valence-electron chi connectivity index (χ3n) is 3.77. The predicted octanol–water partition coefficient (Wildman–Crippen LogP) is 3.46. The third kappa shape index (κ3) is 4.08. The highest BCUT2D eigenvalue weighted by Crippen LogP contribution is 2.23. The van der Waals surface area contributed by atoms with Gasteiger partial charge in [0.2, 0.25) is 11.1 Å². The summed E-state index contributed by atoms with van der Waals surface area (Å²) < 4.78 is 14.8. The summed E-state index contributed by atoms with van der Waals surface area (Å²) in [4.78, 5) is 12.3. The van der Waals surface area contributed by atoms with E-state index in [2.05, 4.69) is 20.8 Å². The first kappa shape index (κ1) is 18.1. The number of amides is 1. The average molecular weight is 371 g/mol. The molecule has 1 heterocycles. The van der Waals surface area contributed by atoms with Crippen molar-refractivity contribution in [3.05, 3.63) is 58.9 Å². The number of tetrazole rings is 1. The minimum absolute atomic E-state index is 0.141. The van der Waals surface area contributed by atoms with Gasteiger partial charge in [-0.25, -0.2) is 4.39 Å². The molecule has 134 valence electrons. The van der Waals surface area contributed by atoms with Crippen molar-refractivity contribution in [3.8, 4) is 5.69 Å². The molecular formula is C18H18FN5OS. The third-order valence-corrected chi connectivity index (χ3v) is 4.69. The Bertz CT molecular complexity index is 933. The summed E-state index contributed by atoms with van der Waals surface area (Å²) in [5.74, 6) is -0.390. The Hall–Kier alpha value is -2.74. The summed E-state index contributed by atoms with van der Waals surface area (Å²) in [6.07, 6.45) is 0. The molecule has 0 saturated carbocycles. The van der Waals surface area contributed by atoms with Gasteiger partial charge in [-0.15, -0.1) is 5.10 Å². The van der Waals surface area contributed by atoms with Crippen LogP contribution in [0.1, 0.15) is 16.7 Å². The van der Waals surface area contributed by atoms with Gasteiger partial charge in [-0.1, -0.05) is 35.5 Å². The normalized spacial score (nSPS) is 10.8. The molecule has 3 rings (SSSR count). The molecule has 1 amide bonds. The van der Waals surface area contributed by atoms with E-state index >= 15 is 0 Å². The van der Waals surface area contributed by atoms with Crippen LogP contribution < -0.4 is 5.32 Å². The fraction of sp³-hybridized carbons (Fsp3) is 0.222. The summed E-state index contributed by atoms with van der Waals surface area (Å²) in [5.41, 5.74) is 4.52. The maximum atomic E-state index is 13.4. The number of anilines is 1. The predicted molar refractivity (Wildman–Crippen MR) is 99.1 cm³/mol. The maximum Gasteiger partial charge on any atom is 0.234 e. The molecule has 0 aliphatic rings. The number of thioether (sulfide) groups is 1. The maximum absolute atomic E-state index is 13.4. The highest BCUT2D eigenvalue weighted by Gasteiger charge is 2.13. The number of aromatic nitrogens is 4. The zero-order chi connectivity index (χ0) is 18.7. The molecule has 26 heavy (non-hydrogen) atoms. The van der Waals surface area contributed by atoms with Gasteiger partial charge in [0, 0.05) is 5.69 Å². The Morgan fingerprint density at radius 2 is 1.92 bits per heavy atom. The number of nitrogens with zero attached hydrogens (tertiary/aromatic N) is 4. The molecule has 0 fully saturated rings. The molecule has 1 aromatic heterocycles. The number of hydrogen-bond donors (Lipinski definition) is 1. The SMILES string of the molecule is Cc1cc(C)c(NC(=O)CSc2nnnn2-c2cccc(F)c2)c(C)c1. The van der Waals surface area contributed by atoms with E-state index < -0.39 is 0 Å². The molecule has 0 atom stereocenters. The fourth-order valence-corrected chi connectivity index (χ4v) is 3.41. The van der Waals surface area contributed by atoms with Crippen molar-refractivity contribution >= 4 is 23.4 Å². The van der Waals surface area contributed by atoms with E-state index in [1.165, 1.54) is 28.6 Å². The van der Waals surface area contributed by atoms with E-state index in [-0.39, 0.29) is 17.5 Å². The molecule has 0 aliphatic carbocycles. The van der Waals surface area contributed by atoms with Crippen molar-refractivity contribution in [2.75, 3.05) is 11.1 Å². The number of halogens is 1. The summed E-state index contributed by atoms with van der Waals surface area (Å²) in [6.45, 7) is 5.95. The van der Waals surface area contributed by atoms with Crippen molar-refractivity contribution < 1.29 is 9.18 Å². The van der Waals surface area contributed by atoms with Gasteiger partial charge in [-0.3, -0.25) is 4.79 Å². The van der Waals surface area contributed by atoms with E-state index in [0.29, 0.717) is 10.8 Å². The van der Waals surface area contributed by atoms with E-state index in [0.717, 1.165) is 22.4 Å². The van der Waals surface area contributed by atoms with Gasteiger partial charge < -0.3 is 5.32 Å². The first-order chi connectivity index (χ1) is 12.4. The lowest BCUT2D eigenvalue weighted by molar-refractivity contribution is -0.113. The monoisotopic (exact) mass is 371 g/mol. The molecule has 0 unspecified atom stereocenters. The van der Waals surface area contributed by atoms with Crippen LogP contribution in [0.3, 0.4) is 0 Å². The first-order valence-corrected chi connectivity index (χ1v) is 8.97. The number of hydrogen-bond acceptors (Lipinski definition) is 5. The van der Waals surface area contributed by atoms with Gasteiger partial charge in [0.05, 0.1) is 11.4 Å². The van der Waals surface area contributed by atoms with Crippen LogP contribution >= 0.6 is 11.8 Å². The lowest BCUT2D eigenvalue weighted by Gasteiger charge is -2.12. The minimum atomic E-state index is -0.378. The Kier molecular flexibility index (Phi) is 5.32. The van der Waals surface area contributed by atoms with Gasteiger partial charge in [-0.05, 0) is 60.5 Å². The summed E-state index contributed by atoms with van der Waals surface area (Å²) in [7, 11) is 0. The largest absolute Gasteiger partial charge is 0.325 e. The van der Waals surface area contributed by atoms with Gasteiger partial charge in [0.15, 0.2) is 0 Å². The molecule has 2 aromatic carbocycles. The van der Waals surface area contributed by atoms with Crippen LogP contribution in [-0.2, 0) is 4.79 Å². The molecule has 0 radical (unpaired) electrons. The first-order valence-electron chi connectivity index (χ1n) is 7.99. The Labute approximate surface area is 154 Å². The van der Waals surface area contributed by atoms with Crippen molar-refractivity contribution in [2.45, 2.75) is 25.9 Å². The van der Waals surface area contributed by atoms with Gasteiger partial charge in [0.25, 0.3) is 0 Å². The zero-order valence-corrected chi connectivity index (χ0v) is 15.5. The van der Waals surface area contributed by atoms with Crippen LogP contribution in [0.4, 0.5) is 10.1 Å². The highest BCUT2D eigenvalue weighted by atomic mass is 32.2. The molecule has 0 spiro atoms. The van der Waals surface area contributed by atoms with Gasteiger partial charge in [0.1, 0.15) is 5.82 Å². The second-order valence-corrected chi connectivity index (χ2v) is 6.91. The van der Waals surface area contributed by atoms with Crippen LogP contribution in [-0.4, -0.2) is 31.9 Å². The Morgan fingerprint density at radius 1 is 1.19 bits per heavy atom. The van der Waals surface area contributed by atoms with Crippen molar-refractivity contribution in [3.63, 3.8) is 0 Å². The molecule has 0 aliphatic heterocycles. The number of rotatable bonds is 5. The van der Waals surface area contributed by atoms with Crippen LogP contribution in [0.2, 0.25) is 0 Å². The van der Waals surface area contributed by atoms with Crippen LogP contribution in [0.5, 0.6) is 0 Å². The second-order valence-electron chi connectivity index (χ2n) is 5.96. The second kappa shape index (κ2) is 7.65. The fourth-order valence-electron chi connectivity index (χ4n) is 2.72. The quantitative estimate of drug-likeness (QED) is 0.696. The molecule has 1 N–H and O–H groups in total. The summed E-state index contributed by atoms with van der Waals surface area (Å²) >= 11 is 1.19. The molecule has 0 saturated heterocycles. The molecule has 6 nitrogen and oxygen atoms in total. The van der Waals surface area contributed by atoms with E-state index in [1.54, 1.807) is 12.1 Å². The number of carbonyl (C=O) groups is 1. The summed E-state index contributed by atoms with van der Waals surface area (Å²) in [5, 5.41) is 14.7. The van der Waals surface area contributed by atoms with Crippen LogP contribution in [0, 0.1) is 26.6 Å². The lowest BCUT2D eigenvalue weighted by Crippen LogP contribution is -2.16. The van der Waals surface area contributed by atoms with Gasteiger partial charge in [-0.2, -0.15) is 4.68 Å². The van der Waals surface area contributed by atoms with Crippen molar-refractivity contribution in [1.29, 1.82) is 0 Å². The standard InChI is InChI=1S/C18H18FN5OS/c1-11-7-12(2)17(13(3)8-11)20-16(25)10-26-18-21-22-23-24(18)15-6-4-5-14(19)9-15/h4-9H,10H2,1-3H3,(H,20,25). The number of carbonyl (C=O) groups excluding carboxylic acids is 1. The highest BCUT2D eigenvalue weighted by molar-refractivity contribution is 7.99. The van der Waals surface area contributed by atoms with E-state index in [9.17, 15) is 9.18 Å².